The molecule has 0 saturated carbocycles. The number of hydrogen-bond acceptors (Lipinski definition) is 4. The minimum absolute atomic E-state index is 0.492. The van der Waals surface area contributed by atoms with Gasteiger partial charge in [0.15, 0.2) is 5.65 Å². The Morgan fingerprint density at radius 3 is 2.94 bits per heavy atom. The molecule has 0 aliphatic rings. The zero-order chi connectivity index (χ0) is 11.4. The van der Waals surface area contributed by atoms with Gasteiger partial charge in [0.25, 0.3) is 0 Å². The zero-order valence-corrected chi connectivity index (χ0v) is 10.5. The Morgan fingerprint density at radius 1 is 1.31 bits per heavy atom. The normalized spacial score (nSPS) is 12.9. The van der Waals surface area contributed by atoms with E-state index in [9.17, 15) is 0 Å². The Balaban J connectivity index is 2.13. The maximum Gasteiger partial charge on any atom is 0.179 e. The third-order valence-electron chi connectivity index (χ3n) is 2.09. The fourth-order valence-corrected chi connectivity index (χ4v) is 2.32. The van der Waals surface area contributed by atoms with Crippen molar-refractivity contribution in [1.82, 2.24) is 15.0 Å². The van der Waals surface area contributed by atoms with Crippen LogP contribution in [0.15, 0.2) is 29.6 Å². The lowest BCUT2D eigenvalue weighted by Crippen LogP contribution is -1.99. The largest absolute Gasteiger partial charge is 0.251 e. The van der Waals surface area contributed by atoms with E-state index in [1.165, 1.54) is 0 Å². The number of alkyl halides is 1. The summed E-state index contributed by atoms with van der Waals surface area (Å²) in [6.07, 6.45) is 3.33. The molecule has 2 aromatic rings. The fraction of sp³-hybridized carbons (Fsp3) is 0.364. The van der Waals surface area contributed by atoms with E-state index in [-0.39, 0.29) is 0 Å². The molecular weight excluding hydrogens is 242 g/mol. The second-order valence-corrected chi connectivity index (χ2v) is 4.97. The molecule has 5 heteroatoms. The molecule has 2 heterocycles. The van der Waals surface area contributed by atoms with Gasteiger partial charge in [-0.3, -0.25) is 4.98 Å². The second kappa shape index (κ2) is 5.46. The average Bonchev–Trinajstić information content (AvgIpc) is 2.35. The van der Waals surface area contributed by atoms with Crippen molar-refractivity contribution in [2.45, 2.75) is 11.9 Å². The summed E-state index contributed by atoms with van der Waals surface area (Å²) in [7, 11) is 0. The molecule has 1 unspecified atom stereocenters. The summed E-state index contributed by atoms with van der Waals surface area (Å²) in [5, 5.41) is 0.977. The number of halogens is 1. The number of pyridine rings is 1. The lowest BCUT2D eigenvalue weighted by molar-refractivity contribution is 0.758. The number of nitrogens with zero attached hydrogens (tertiary/aromatic N) is 3. The molecule has 0 aliphatic carbocycles. The van der Waals surface area contributed by atoms with Crippen LogP contribution in [-0.4, -0.2) is 26.6 Å². The highest BCUT2D eigenvalue weighted by molar-refractivity contribution is 7.99. The lowest BCUT2D eigenvalue weighted by atomic mass is 10.3. The fourth-order valence-electron chi connectivity index (χ4n) is 1.19. The van der Waals surface area contributed by atoms with Gasteiger partial charge in [-0.15, -0.1) is 23.4 Å². The van der Waals surface area contributed by atoms with E-state index in [1.54, 1.807) is 24.2 Å². The second-order valence-electron chi connectivity index (χ2n) is 3.62. The van der Waals surface area contributed by atoms with Gasteiger partial charge in [-0.1, -0.05) is 6.92 Å². The molecule has 0 spiro atoms. The van der Waals surface area contributed by atoms with Crippen molar-refractivity contribution in [3.8, 4) is 0 Å². The summed E-state index contributed by atoms with van der Waals surface area (Å²) in [5.41, 5.74) is 1.53. The summed E-state index contributed by atoms with van der Waals surface area (Å²) < 4.78 is 0. The smallest absolute Gasteiger partial charge is 0.179 e. The van der Waals surface area contributed by atoms with Crippen molar-refractivity contribution in [3.05, 3.63) is 24.5 Å². The van der Waals surface area contributed by atoms with Crippen LogP contribution in [0.4, 0.5) is 0 Å². The summed E-state index contributed by atoms with van der Waals surface area (Å²) >= 11 is 7.46. The summed E-state index contributed by atoms with van der Waals surface area (Å²) in [6, 6.07) is 3.92. The topological polar surface area (TPSA) is 38.7 Å². The van der Waals surface area contributed by atoms with Gasteiger partial charge in [-0.05, 0) is 18.1 Å². The molecule has 2 rings (SSSR count). The summed E-state index contributed by atoms with van der Waals surface area (Å²) in [5.74, 6) is 2.15. The van der Waals surface area contributed by atoms with Gasteiger partial charge >= 0.3 is 0 Å². The highest BCUT2D eigenvalue weighted by atomic mass is 35.5. The molecule has 0 amide bonds. The molecule has 1 atom stereocenters. The minimum atomic E-state index is 0.492. The van der Waals surface area contributed by atoms with Crippen molar-refractivity contribution in [1.29, 1.82) is 0 Å². The van der Waals surface area contributed by atoms with E-state index in [1.807, 2.05) is 12.1 Å². The van der Waals surface area contributed by atoms with Crippen molar-refractivity contribution < 1.29 is 0 Å². The van der Waals surface area contributed by atoms with Crippen LogP contribution in [0.25, 0.3) is 11.2 Å². The molecule has 0 N–H and O–H groups in total. The van der Waals surface area contributed by atoms with Crippen molar-refractivity contribution in [3.63, 3.8) is 0 Å². The van der Waals surface area contributed by atoms with Crippen molar-refractivity contribution in [2.24, 2.45) is 5.92 Å². The Hall–Kier alpha value is -0.870. The lowest BCUT2D eigenvalue weighted by Gasteiger charge is -2.06. The molecule has 0 bridgehead atoms. The van der Waals surface area contributed by atoms with Gasteiger partial charge in [0, 0.05) is 24.0 Å². The van der Waals surface area contributed by atoms with Gasteiger partial charge in [-0.2, -0.15) is 0 Å². The molecule has 0 radical (unpaired) electrons. The average molecular weight is 254 g/mol. The van der Waals surface area contributed by atoms with Crippen LogP contribution in [0.2, 0.25) is 0 Å². The number of hydrogen-bond donors (Lipinski definition) is 0. The maximum absolute atomic E-state index is 5.76. The third kappa shape index (κ3) is 2.83. The first-order valence-corrected chi connectivity index (χ1v) is 6.58. The van der Waals surface area contributed by atoms with Crippen LogP contribution in [0.1, 0.15) is 6.92 Å². The van der Waals surface area contributed by atoms with Gasteiger partial charge in [0.05, 0.1) is 5.03 Å². The molecule has 0 fully saturated rings. The molecule has 3 nitrogen and oxygen atoms in total. The Kier molecular flexibility index (Phi) is 3.96. The first-order valence-electron chi connectivity index (χ1n) is 5.06. The van der Waals surface area contributed by atoms with Gasteiger partial charge in [-0.25, -0.2) is 9.97 Å². The number of rotatable bonds is 4. The van der Waals surface area contributed by atoms with Crippen LogP contribution >= 0.6 is 23.4 Å². The Bertz CT molecular complexity index is 477. The van der Waals surface area contributed by atoms with Gasteiger partial charge < -0.3 is 0 Å². The van der Waals surface area contributed by atoms with Gasteiger partial charge in [0.1, 0.15) is 5.52 Å². The van der Waals surface area contributed by atoms with Crippen molar-refractivity contribution in [2.75, 3.05) is 11.6 Å². The highest BCUT2D eigenvalue weighted by Crippen LogP contribution is 2.20. The molecule has 84 valence electrons. The van der Waals surface area contributed by atoms with Crippen LogP contribution in [0, 0.1) is 5.92 Å². The van der Waals surface area contributed by atoms with E-state index in [0.717, 1.165) is 16.3 Å². The molecule has 0 saturated heterocycles. The zero-order valence-electron chi connectivity index (χ0n) is 8.93. The van der Waals surface area contributed by atoms with E-state index in [4.69, 9.17) is 11.6 Å². The molecule has 16 heavy (non-hydrogen) atoms. The Morgan fingerprint density at radius 2 is 2.12 bits per heavy atom. The van der Waals surface area contributed by atoms with Gasteiger partial charge in [0.2, 0.25) is 0 Å². The monoisotopic (exact) mass is 253 g/mol. The quantitative estimate of drug-likeness (QED) is 0.620. The van der Waals surface area contributed by atoms with Crippen LogP contribution in [0.5, 0.6) is 0 Å². The number of thioether (sulfide) groups is 1. The van der Waals surface area contributed by atoms with Crippen LogP contribution in [-0.2, 0) is 0 Å². The Labute approximate surface area is 104 Å². The highest BCUT2D eigenvalue weighted by Gasteiger charge is 2.04. The molecule has 2 aromatic heterocycles. The molecule has 0 aromatic carbocycles. The van der Waals surface area contributed by atoms with E-state index < -0.39 is 0 Å². The van der Waals surface area contributed by atoms with Crippen LogP contribution < -0.4 is 0 Å². The minimum Gasteiger partial charge on any atom is -0.251 e. The van der Waals surface area contributed by atoms with E-state index in [2.05, 4.69) is 21.9 Å². The SMILES string of the molecule is CC(CCl)CSc1ccc2nccnc2n1. The third-order valence-corrected chi connectivity index (χ3v) is 3.87. The molecular formula is C11H12ClN3S. The van der Waals surface area contributed by atoms with Crippen LogP contribution in [0.3, 0.4) is 0 Å². The summed E-state index contributed by atoms with van der Waals surface area (Å²) in [4.78, 5) is 12.8. The number of aromatic nitrogens is 3. The maximum atomic E-state index is 5.76. The number of fused-ring (bicyclic) bond motifs is 1. The first kappa shape index (κ1) is 11.6. The summed E-state index contributed by atoms with van der Waals surface area (Å²) in [6.45, 7) is 2.13. The predicted octanol–water partition coefficient (Wildman–Crippen LogP) is 2.99. The van der Waals surface area contributed by atoms with Crippen molar-refractivity contribution >= 4 is 34.5 Å². The first-order chi connectivity index (χ1) is 7.79. The standard InChI is InChI=1S/C11H12ClN3S/c1-8(6-12)7-16-10-3-2-9-11(15-10)14-5-4-13-9/h2-5,8H,6-7H2,1H3. The molecule has 0 aliphatic heterocycles. The predicted molar refractivity (Wildman–Crippen MR) is 67.9 cm³/mol. The van der Waals surface area contributed by atoms with E-state index >= 15 is 0 Å². The van der Waals surface area contributed by atoms with E-state index in [0.29, 0.717) is 17.4 Å².